The van der Waals surface area contributed by atoms with Gasteiger partial charge in [-0.2, -0.15) is 5.10 Å². The van der Waals surface area contributed by atoms with E-state index in [9.17, 15) is 4.79 Å². The van der Waals surface area contributed by atoms with Crippen molar-refractivity contribution in [3.63, 3.8) is 0 Å². The van der Waals surface area contributed by atoms with Crippen molar-refractivity contribution in [1.82, 2.24) is 15.1 Å². The van der Waals surface area contributed by atoms with Crippen molar-refractivity contribution >= 4 is 5.91 Å². The van der Waals surface area contributed by atoms with Gasteiger partial charge in [0.1, 0.15) is 11.4 Å². The Morgan fingerprint density at radius 3 is 2.37 bits per heavy atom. The van der Waals surface area contributed by atoms with Gasteiger partial charge in [0.2, 0.25) is 0 Å². The number of hydrogen-bond acceptors (Lipinski definition) is 5. The molecule has 0 aliphatic carbocycles. The van der Waals surface area contributed by atoms with Crippen LogP contribution in [-0.2, 0) is 0 Å². The molecule has 1 aliphatic rings. The lowest BCUT2D eigenvalue weighted by atomic mass is 9.95. The van der Waals surface area contributed by atoms with E-state index in [1.807, 2.05) is 47.4 Å². The molecule has 0 saturated carbocycles. The molecule has 156 valence electrons. The van der Waals surface area contributed by atoms with Crippen LogP contribution in [0.4, 0.5) is 0 Å². The maximum absolute atomic E-state index is 13.2. The minimum absolute atomic E-state index is 0.0427. The second kappa shape index (κ2) is 8.10. The van der Waals surface area contributed by atoms with Crippen LogP contribution in [0.2, 0.25) is 0 Å². The number of ether oxygens (including phenoxy) is 3. The maximum Gasteiger partial charge on any atom is 0.273 e. The number of amides is 1. The number of hydrogen-bond donors (Lipinski definition) is 1. The number of fused-ring (bicyclic) bond motifs is 1. The number of nitrogens with one attached hydrogen (secondary N) is 1. The van der Waals surface area contributed by atoms with Gasteiger partial charge in [0.05, 0.1) is 33.1 Å². The summed E-state index contributed by atoms with van der Waals surface area (Å²) in [7, 11) is 4.85. The highest BCUT2D eigenvalue weighted by molar-refractivity contribution is 6.00. The van der Waals surface area contributed by atoms with Crippen molar-refractivity contribution in [2.45, 2.75) is 19.4 Å². The number of benzene rings is 2. The highest BCUT2D eigenvalue weighted by Crippen LogP contribution is 2.44. The summed E-state index contributed by atoms with van der Waals surface area (Å²) in [4.78, 5) is 15.1. The zero-order valence-corrected chi connectivity index (χ0v) is 17.6. The Morgan fingerprint density at radius 2 is 1.73 bits per heavy atom. The zero-order valence-electron chi connectivity index (χ0n) is 17.6. The topological polar surface area (TPSA) is 76.7 Å². The molecular formula is C23H25N3O4. The summed E-state index contributed by atoms with van der Waals surface area (Å²) in [5.41, 5.74) is 4.05. The van der Waals surface area contributed by atoms with E-state index < -0.39 is 0 Å². The van der Waals surface area contributed by atoms with Crippen LogP contribution in [0.1, 0.15) is 41.0 Å². The van der Waals surface area contributed by atoms with Gasteiger partial charge in [0.25, 0.3) is 5.91 Å². The molecule has 1 amide bonds. The van der Waals surface area contributed by atoms with E-state index in [-0.39, 0.29) is 11.9 Å². The average molecular weight is 407 g/mol. The SMILES string of the molecule is CCCN1C(=O)c2[nH]nc(-c3ccc(OC)cc3)c2[C@@H]1c1ccc(OC)c(OC)c1. The molecule has 30 heavy (non-hydrogen) atoms. The first-order valence-electron chi connectivity index (χ1n) is 9.88. The molecule has 1 atom stereocenters. The quantitative estimate of drug-likeness (QED) is 0.639. The van der Waals surface area contributed by atoms with Crippen LogP contribution in [0.3, 0.4) is 0 Å². The normalized spacial score (nSPS) is 15.3. The van der Waals surface area contributed by atoms with Crippen LogP contribution in [0.25, 0.3) is 11.3 Å². The van der Waals surface area contributed by atoms with Crippen molar-refractivity contribution in [3.8, 4) is 28.5 Å². The van der Waals surface area contributed by atoms with Gasteiger partial charge < -0.3 is 19.1 Å². The molecule has 2 heterocycles. The second-order valence-corrected chi connectivity index (χ2v) is 7.10. The Morgan fingerprint density at radius 1 is 1.00 bits per heavy atom. The van der Waals surface area contributed by atoms with Gasteiger partial charge in [-0.05, 0) is 48.4 Å². The van der Waals surface area contributed by atoms with E-state index in [0.717, 1.165) is 34.6 Å². The predicted octanol–water partition coefficient (Wildman–Crippen LogP) is 4.06. The van der Waals surface area contributed by atoms with Gasteiger partial charge in [0, 0.05) is 17.7 Å². The summed E-state index contributed by atoms with van der Waals surface area (Å²) >= 11 is 0. The molecule has 0 radical (unpaired) electrons. The van der Waals surface area contributed by atoms with Crippen molar-refractivity contribution in [2.75, 3.05) is 27.9 Å². The third kappa shape index (κ3) is 3.16. The molecule has 3 aromatic rings. The number of rotatable bonds is 7. The maximum atomic E-state index is 13.2. The molecule has 1 aliphatic heterocycles. The van der Waals surface area contributed by atoms with Crippen molar-refractivity contribution in [1.29, 1.82) is 0 Å². The largest absolute Gasteiger partial charge is 0.497 e. The van der Waals surface area contributed by atoms with Gasteiger partial charge >= 0.3 is 0 Å². The van der Waals surface area contributed by atoms with Crippen molar-refractivity contribution in [3.05, 3.63) is 59.3 Å². The highest BCUT2D eigenvalue weighted by atomic mass is 16.5. The smallest absolute Gasteiger partial charge is 0.273 e. The molecule has 0 fully saturated rings. The minimum Gasteiger partial charge on any atom is -0.497 e. The first-order valence-corrected chi connectivity index (χ1v) is 9.88. The summed E-state index contributed by atoms with van der Waals surface area (Å²) in [6.45, 7) is 2.71. The number of aromatic amines is 1. The van der Waals surface area contributed by atoms with Gasteiger partial charge in [0.15, 0.2) is 11.5 Å². The van der Waals surface area contributed by atoms with Gasteiger partial charge in [-0.3, -0.25) is 9.89 Å². The standard InChI is InChI=1S/C23H25N3O4/c1-5-12-26-22(15-8-11-17(29-3)18(13-15)30-4)19-20(24-25-21(19)23(26)27)14-6-9-16(28-2)10-7-14/h6-11,13,22H,5,12H2,1-4H3,(H,24,25)/t22-/m0/s1. The zero-order chi connectivity index (χ0) is 21.3. The van der Waals surface area contributed by atoms with E-state index in [4.69, 9.17) is 14.2 Å². The number of carbonyl (C=O) groups is 1. The molecule has 0 saturated heterocycles. The summed E-state index contributed by atoms with van der Waals surface area (Å²) in [5, 5.41) is 7.47. The lowest BCUT2D eigenvalue weighted by Gasteiger charge is -2.26. The van der Waals surface area contributed by atoms with Crippen molar-refractivity contribution in [2.24, 2.45) is 0 Å². The van der Waals surface area contributed by atoms with E-state index in [2.05, 4.69) is 17.1 Å². The molecule has 1 N–H and O–H groups in total. The number of nitrogens with zero attached hydrogens (tertiary/aromatic N) is 2. The van der Waals surface area contributed by atoms with Crippen LogP contribution >= 0.6 is 0 Å². The molecule has 4 rings (SSSR count). The molecule has 0 spiro atoms. The Balaban J connectivity index is 1.86. The summed E-state index contributed by atoms with van der Waals surface area (Å²) < 4.78 is 16.2. The first-order chi connectivity index (χ1) is 14.6. The minimum atomic E-state index is -0.261. The van der Waals surface area contributed by atoms with E-state index >= 15 is 0 Å². The Hall–Kier alpha value is -3.48. The molecule has 0 bridgehead atoms. The summed E-state index contributed by atoms with van der Waals surface area (Å²) in [6, 6.07) is 13.2. The van der Waals surface area contributed by atoms with E-state index in [1.165, 1.54) is 0 Å². The Kier molecular flexibility index (Phi) is 5.35. The monoisotopic (exact) mass is 407 g/mol. The van der Waals surface area contributed by atoms with Crippen LogP contribution in [0, 0.1) is 0 Å². The Labute approximate surface area is 175 Å². The van der Waals surface area contributed by atoms with Crippen LogP contribution in [0.5, 0.6) is 17.2 Å². The van der Waals surface area contributed by atoms with E-state index in [0.29, 0.717) is 23.7 Å². The predicted molar refractivity (Wildman–Crippen MR) is 113 cm³/mol. The lowest BCUT2D eigenvalue weighted by Crippen LogP contribution is -2.30. The fraction of sp³-hybridized carbons (Fsp3) is 0.304. The number of H-pyrrole nitrogens is 1. The molecule has 1 aromatic heterocycles. The lowest BCUT2D eigenvalue weighted by molar-refractivity contribution is 0.0743. The molecule has 7 nitrogen and oxygen atoms in total. The first kappa shape index (κ1) is 19.8. The Bertz CT molecular complexity index is 1060. The van der Waals surface area contributed by atoms with Crippen LogP contribution in [-0.4, -0.2) is 48.9 Å². The fourth-order valence-electron chi connectivity index (χ4n) is 4.01. The second-order valence-electron chi connectivity index (χ2n) is 7.10. The molecule has 2 aromatic carbocycles. The van der Waals surface area contributed by atoms with Gasteiger partial charge in [-0.15, -0.1) is 0 Å². The third-order valence-electron chi connectivity index (χ3n) is 5.42. The third-order valence-corrected chi connectivity index (χ3v) is 5.42. The molecule has 7 heteroatoms. The van der Waals surface area contributed by atoms with Gasteiger partial charge in [-0.25, -0.2) is 0 Å². The number of aromatic nitrogens is 2. The van der Waals surface area contributed by atoms with Crippen LogP contribution in [0.15, 0.2) is 42.5 Å². The molecule has 0 unspecified atom stereocenters. The summed E-state index contributed by atoms with van der Waals surface area (Å²) in [6.07, 6.45) is 0.852. The highest BCUT2D eigenvalue weighted by Gasteiger charge is 2.42. The van der Waals surface area contributed by atoms with E-state index in [1.54, 1.807) is 21.3 Å². The average Bonchev–Trinajstić information content (AvgIpc) is 3.33. The summed E-state index contributed by atoms with van der Waals surface area (Å²) in [5.74, 6) is 2.00. The number of methoxy groups -OCH3 is 3. The molecular weight excluding hydrogens is 382 g/mol. The van der Waals surface area contributed by atoms with Gasteiger partial charge in [-0.1, -0.05) is 13.0 Å². The number of carbonyl (C=O) groups excluding carboxylic acids is 1. The fourth-order valence-corrected chi connectivity index (χ4v) is 4.01. The van der Waals surface area contributed by atoms with Crippen LogP contribution < -0.4 is 14.2 Å². The van der Waals surface area contributed by atoms with Crippen molar-refractivity contribution < 1.29 is 19.0 Å².